The maximum absolute atomic E-state index is 6.08. The Morgan fingerprint density at radius 2 is 2.41 bits per heavy atom. The summed E-state index contributed by atoms with van der Waals surface area (Å²) < 4.78 is 6.08. The molecule has 2 aromatic heterocycles. The molecule has 1 aliphatic heterocycles. The van der Waals surface area contributed by atoms with E-state index < -0.39 is 0 Å². The third-order valence-corrected chi connectivity index (χ3v) is 5.88. The molecule has 0 unspecified atom stereocenters. The van der Waals surface area contributed by atoms with Crippen LogP contribution in [0, 0.1) is 11.3 Å². The molecule has 4 rings (SSSR count). The average Bonchev–Trinajstić information content (AvgIpc) is 3.23. The molecule has 1 aliphatic carbocycles. The number of aromatic nitrogens is 2. The van der Waals surface area contributed by atoms with Gasteiger partial charge in [-0.05, 0) is 30.9 Å². The number of rotatable bonds is 5. The quantitative estimate of drug-likeness (QED) is 0.849. The van der Waals surface area contributed by atoms with E-state index in [1.54, 1.807) is 17.5 Å². The van der Waals surface area contributed by atoms with E-state index in [0.717, 1.165) is 31.4 Å². The standard InChI is InChI=1S/C17H21N3OS/c1-3-14-10-20(11-16-19-7-8-22-16)12-17(14,5-1)13-21-15-4-2-6-18-9-15/h2,4,6-9,14H,1,3,5,10-13H2/t14-,17+/m0/s1. The molecule has 0 bridgehead atoms. The summed E-state index contributed by atoms with van der Waals surface area (Å²) in [5, 5.41) is 3.29. The van der Waals surface area contributed by atoms with Crippen LogP contribution in [0.1, 0.15) is 24.3 Å². The lowest BCUT2D eigenvalue weighted by molar-refractivity contribution is 0.127. The van der Waals surface area contributed by atoms with Gasteiger partial charge in [0.05, 0.1) is 19.3 Å². The van der Waals surface area contributed by atoms with Gasteiger partial charge in [-0.3, -0.25) is 9.88 Å². The van der Waals surface area contributed by atoms with E-state index in [4.69, 9.17) is 4.74 Å². The molecule has 3 heterocycles. The minimum atomic E-state index is 0.326. The molecule has 0 amide bonds. The monoisotopic (exact) mass is 315 g/mol. The van der Waals surface area contributed by atoms with Crippen molar-refractivity contribution in [3.63, 3.8) is 0 Å². The number of fused-ring (bicyclic) bond motifs is 1. The van der Waals surface area contributed by atoms with E-state index in [1.807, 2.05) is 24.5 Å². The fraction of sp³-hybridized carbons (Fsp3) is 0.529. The zero-order chi connectivity index (χ0) is 14.8. The maximum Gasteiger partial charge on any atom is 0.137 e. The Labute approximate surface area is 135 Å². The van der Waals surface area contributed by atoms with E-state index in [-0.39, 0.29) is 0 Å². The number of thiazole rings is 1. The number of hydrogen-bond acceptors (Lipinski definition) is 5. The van der Waals surface area contributed by atoms with Gasteiger partial charge < -0.3 is 4.74 Å². The minimum absolute atomic E-state index is 0.326. The molecule has 0 radical (unpaired) electrons. The van der Waals surface area contributed by atoms with Gasteiger partial charge in [0.2, 0.25) is 0 Å². The summed E-state index contributed by atoms with van der Waals surface area (Å²) in [7, 11) is 0. The summed E-state index contributed by atoms with van der Waals surface area (Å²) >= 11 is 1.75. The van der Waals surface area contributed by atoms with Gasteiger partial charge in [0.15, 0.2) is 0 Å². The number of hydrogen-bond donors (Lipinski definition) is 0. The molecule has 0 N–H and O–H groups in total. The van der Waals surface area contributed by atoms with Crippen molar-refractivity contribution in [1.29, 1.82) is 0 Å². The topological polar surface area (TPSA) is 38.2 Å². The van der Waals surface area contributed by atoms with Crippen LogP contribution in [-0.4, -0.2) is 34.6 Å². The van der Waals surface area contributed by atoms with Gasteiger partial charge in [0, 0.05) is 36.3 Å². The number of likely N-dealkylation sites (tertiary alicyclic amines) is 1. The van der Waals surface area contributed by atoms with Gasteiger partial charge >= 0.3 is 0 Å². The first-order valence-electron chi connectivity index (χ1n) is 7.98. The molecule has 2 aromatic rings. The smallest absolute Gasteiger partial charge is 0.137 e. The van der Waals surface area contributed by atoms with Crippen LogP contribution in [-0.2, 0) is 6.54 Å². The van der Waals surface area contributed by atoms with Crippen molar-refractivity contribution in [2.75, 3.05) is 19.7 Å². The number of pyridine rings is 1. The predicted octanol–water partition coefficient (Wildman–Crippen LogP) is 3.22. The van der Waals surface area contributed by atoms with Crippen LogP contribution in [0.2, 0.25) is 0 Å². The van der Waals surface area contributed by atoms with E-state index in [1.165, 1.54) is 30.8 Å². The van der Waals surface area contributed by atoms with Crippen molar-refractivity contribution in [2.45, 2.75) is 25.8 Å². The summed E-state index contributed by atoms with van der Waals surface area (Å²) in [6.07, 6.45) is 9.46. The highest BCUT2D eigenvalue weighted by atomic mass is 32.1. The largest absolute Gasteiger partial charge is 0.491 e. The average molecular weight is 315 g/mol. The lowest BCUT2D eigenvalue weighted by Crippen LogP contribution is -2.33. The zero-order valence-electron chi connectivity index (χ0n) is 12.6. The van der Waals surface area contributed by atoms with Gasteiger partial charge in [0.1, 0.15) is 10.8 Å². The molecule has 2 aliphatic rings. The van der Waals surface area contributed by atoms with Crippen LogP contribution in [0.3, 0.4) is 0 Å². The SMILES string of the molecule is c1cncc(OC[C@]23CCC[C@H]2CN(Cc2nccs2)C3)c1. The van der Waals surface area contributed by atoms with Crippen molar-refractivity contribution in [3.05, 3.63) is 41.1 Å². The van der Waals surface area contributed by atoms with Crippen LogP contribution in [0.5, 0.6) is 5.75 Å². The molecule has 0 spiro atoms. The van der Waals surface area contributed by atoms with E-state index in [2.05, 4.69) is 20.2 Å². The lowest BCUT2D eigenvalue weighted by atomic mass is 9.81. The Bertz CT molecular complexity index is 604. The van der Waals surface area contributed by atoms with Crippen LogP contribution < -0.4 is 4.74 Å². The predicted molar refractivity (Wildman–Crippen MR) is 86.9 cm³/mol. The van der Waals surface area contributed by atoms with E-state index in [9.17, 15) is 0 Å². The van der Waals surface area contributed by atoms with Crippen molar-refractivity contribution in [3.8, 4) is 5.75 Å². The molecule has 2 atom stereocenters. The van der Waals surface area contributed by atoms with Crippen LogP contribution >= 0.6 is 11.3 Å². The van der Waals surface area contributed by atoms with Crippen molar-refractivity contribution < 1.29 is 4.74 Å². The third kappa shape index (κ3) is 2.75. The first-order valence-corrected chi connectivity index (χ1v) is 8.86. The summed E-state index contributed by atoms with van der Waals surface area (Å²) in [5.41, 5.74) is 0.326. The Morgan fingerprint density at radius 1 is 1.41 bits per heavy atom. The molecular formula is C17H21N3OS. The van der Waals surface area contributed by atoms with E-state index in [0.29, 0.717) is 5.41 Å². The summed E-state index contributed by atoms with van der Waals surface area (Å²) in [6.45, 7) is 4.13. The summed E-state index contributed by atoms with van der Waals surface area (Å²) in [5.74, 6) is 1.66. The molecule has 5 heteroatoms. The minimum Gasteiger partial charge on any atom is -0.491 e. The normalized spacial score (nSPS) is 27.9. The zero-order valence-corrected chi connectivity index (χ0v) is 13.5. The van der Waals surface area contributed by atoms with E-state index >= 15 is 0 Å². The van der Waals surface area contributed by atoms with Gasteiger partial charge in [-0.1, -0.05) is 6.42 Å². The fourth-order valence-corrected chi connectivity index (χ4v) is 4.72. The van der Waals surface area contributed by atoms with Gasteiger partial charge in [0.25, 0.3) is 0 Å². The number of ether oxygens (including phenoxy) is 1. The fourth-order valence-electron chi connectivity index (χ4n) is 4.06. The highest BCUT2D eigenvalue weighted by molar-refractivity contribution is 7.09. The van der Waals surface area contributed by atoms with Crippen molar-refractivity contribution in [2.24, 2.45) is 11.3 Å². The molecule has 2 fully saturated rings. The van der Waals surface area contributed by atoms with Gasteiger partial charge in [-0.2, -0.15) is 0 Å². The number of nitrogens with zero attached hydrogens (tertiary/aromatic N) is 3. The first kappa shape index (κ1) is 14.2. The first-order chi connectivity index (χ1) is 10.8. The van der Waals surface area contributed by atoms with Crippen LogP contribution in [0.15, 0.2) is 36.1 Å². The third-order valence-electron chi connectivity index (χ3n) is 5.11. The Balaban J connectivity index is 1.42. The molecule has 0 aromatic carbocycles. The van der Waals surface area contributed by atoms with Crippen molar-refractivity contribution >= 4 is 11.3 Å². The summed E-state index contributed by atoms with van der Waals surface area (Å²) in [4.78, 5) is 11.1. The second-order valence-electron chi connectivity index (χ2n) is 6.52. The Hall–Kier alpha value is -1.46. The Morgan fingerprint density at radius 3 is 3.23 bits per heavy atom. The molecule has 22 heavy (non-hydrogen) atoms. The van der Waals surface area contributed by atoms with Crippen LogP contribution in [0.4, 0.5) is 0 Å². The van der Waals surface area contributed by atoms with Gasteiger partial charge in [-0.25, -0.2) is 4.98 Å². The van der Waals surface area contributed by atoms with Crippen LogP contribution in [0.25, 0.3) is 0 Å². The second kappa shape index (κ2) is 5.97. The summed E-state index contributed by atoms with van der Waals surface area (Å²) in [6, 6.07) is 3.93. The maximum atomic E-state index is 6.08. The molecule has 116 valence electrons. The Kier molecular flexibility index (Phi) is 3.84. The highest BCUT2D eigenvalue weighted by Crippen LogP contribution is 2.49. The van der Waals surface area contributed by atoms with Crippen molar-refractivity contribution in [1.82, 2.24) is 14.9 Å². The van der Waals surface area contributed by atoms with Gasteiger partial charge in [-0.15, -0.1) is 11.3 Å². The lowest BCUT2D eigenvalue weighted by Gasteiger charge is -2.28. The molecule has 1 saturated heterocycles. The molecule has 4 nitrogen and oxygen atoms in total. The molecular weight excluding hydrogens is 294 g/mol. The molecule has 1 saturated carbocycles. The highest BCUT2D eigenvalue weighted by Gasteiger charge is 2.49. The second-order valence-corrected chi connectivity index (χ2v) is 7.50.